The van der Waals surface area contributed by atoms with Crippen LogP contribution in [0.2, 0.25) is 0 Å². The molecule has 5 heteroatoms. The summed E-state index contributed by atoms with van der Waals surface area (Å²) in [6, 6.07) is 7.84. The molecule has 1 fully saturated rings. The molecule has 27 heavy (non-hydrogen) atoms. The second-order valence-corrected chi connectivity index (χ2v) is 7.73. The van der Waals surface area contributed by atoms with Gasteiger partial charge < -0.3 is 9.84 Å². The molecule has 2 atom stereocenters. The van der Waals surface area contributed by atoms with Crippen LogP contribution in [-0.2, 0) is 6.42 Å². The number of ether oxygens (including phenoxy) is 1. The molecule has 1 aliphatic carbocycles. The number of nitrogens with zero attached hydrogens (tertiary/aromatic N) is 2. The topological polar surface area (TPSA) is 62.7 Å². The summed E-state index contributed by atoms with van der Waals surface area (Å²) >= 11 is 0. The average Bonchev–Trinajstić information content (AvgIpc) is 2.66. The maximum absolute atomic E-state index is 13.1. The predicted octanol–water partition coefficient (Wildman–Crippen LogP) is 3.38. The lowest BCUT2D eigenvalue weighted by atomic mass is 9.90. The highest BCUT2D eigenvalue weighted by atomic mass is 16.5. The van der Waals surface area contributed by atoms with E-state index in [1.54, 1.807) is 4.90 Å². The van der Waals surface area contributed by atoms with Gasteiger partial charge in [-0.2, -0.15) is 0 Å². The van der Waals surface area contributed by atoms with Crippen molar-refractivity contribution >= 4 is 5.91 Å². The molecule has 1 aromatic heterocycles. The van der Waals surface area contributed by atoms with E-state index in [9.17, 15) is 9.90 Å². The fraction of sp³-hybridized carbons (Fsp3) is 0.455. The monoisotopic (exact) mass is 366 g/mol. The van der Waals surface area contributed by atoms with Gasteiger partial charge in [0.15, 0.2) is 6.73 Å². The molecule has 142 valence electrons. The Labute approximate surface area is 160 Å². The molecular weight excluding hydrogens is 340 g/mol. The van der Waals surface area contributed by atoms with Crippen molar-refractivity contribution in [3.05, 3.63) is 58.4 Å². The van der Waals surface area contributed by atoms with Gasteiger partial charge in [-0.05, 0) is 68.0 Å². The van der Waals surface area contributed by atoms with Crippen LogP contribution in [0.25, 0.3) is 0 Å². The summed E-state index contributed by atoms with van der Waals surface area (Å²) < 4.78 is 5.89. The van der Waals surface area contributed by atoms with Crippen molar-refractivity contribution in [2.75, 3.05) is 6.73 Å². The molecule has 1 N–H and O–H groups in total. The predicted molar refractivity (Wildman–Crippen MR) is 103 cm³/mol. The molecule has 2 aliphatic rings. The number of rotatable bonds is 3. The number of aliphatic hydroxyl groups excluding tert-OH is 1. The van der Waals surface area contributed by atoms with Gasteiger partial charge in [-0.3, -0.25) is 14.7 Å². The minimum Gasteiger partial charge on any atom is -0.472 e. The minimum absolute atomic E-state index is 0.0366. The molecule has 1 saturated carbocycles. The van der Waals surface area contributed by atoms with Crippen LogP contribution in [0.3, 0.4) is 0 Å². The second-order valence-electron chi connectivity index (χ2n) is 7.73. The van der Waals surface area contributed by atoms with Gasteiger partial charge in [0.2, 0.25) is 0 Å². The largest absolute Gasteiger partial charge is 0.472 e. The van der Waals surface area contributed by atoms with E-state index in [4.69, 9.17) is 4.74 Å². The van der Waals surface area contributed by atoms with E-state index >= 15 is 0 Å². The van der Waals surface area contributed by atoms with Gasteiger partial charge in [0.1, 0.15) is 5.75 Å². The summed E-state index contributed by atoms with van der Waals surface area (Å²) in [4.78, 5) is 19.2. The van der Waals surface area contributed by atoms with Crippen molar-refractivity contribution in [2.24, 2.45) is 0 Å². The molecule has 0 saturated heterocycles. The molecule has 1 aliphatic heterocycles. The number of carbonyl (C=O) groups excluding carboxylic acids is 1. The third-order valence-corrected chi connectivity index (χ3v) is 5.75. The molecule has 4 rings (SSSR count). The van der Waals surface area contributed by atoms with Crippen molar-refractivity contribution < 1.29 is 14.6 Å². The van der Waals surface area contributed by atoms with Gasteiger partial charge in [-0.15, -0.1) is 0 Å². The van der Waals surface area contributed by atoms with E-state index in [0.717, 1.165) is 54.5 Å². The Kier molecular flexibility index (Phi) is 4.87. The Morgan fingerprint density at radius 2 is 2.04 bits per heavy atom. The number of aryl methyl sites for hydroxylation is 2. The van der Waals surface area contributed by atoms with E-state index in [-0.39, 0.29) is 18.7 Å². The molecule has 2 aromatic rings. The average molecular weight is 366 g/mol. The van der Waals surface area contributed by atoms with Crippen molar-refractivity contribution in [3.63, 3.8) is 0 Å². The Morgan fingerprint density at radius 3 is 2.78 bits per heavy atom. The van der Waals surface area contributed by atoms with E-state index in [0.29, 0.717) is 11.3 Å². The maximum Gasteiger partial charge on any atom is 0.260 e. The number of aliphatic hydroxyl groups is 1. The number of hydrogen-bond acceptors (Lipinski definition) is 4. The smallest absolute Gasteiger partial charge is 0.260 e. The Morgan fingerprint density at radius 1 is 1.22 bits per heavy atom. The molecule has 1 amide bonds. The van der Waals surface area contributed by atoms with Crippen molar-refractivity contribution in [1.29, 1.82) is 0 Å². The van der Waals surface area contributed by atoms with E-state index in [1.165, 1.54) is 0 Å². The lowest BCUT2D eigenvalue weighted by molar-refractivity contribution is -0.0124. The van der Waals surface area contributed by atoms with Gasteiger partial charge >= 0.3 is 0 Å². The number of fused-ring (bicyclic) bond motifs is 1. The van der Waals surface area contributed by atoms with Crippen LogP contribution in [0.1, 0.15) is 58.4 Å². The van der Waals surface area contributed by atoms with Gasteiger partial charge in [0.25, 0.3) is 5.91 Å². The number of benzene rings is 1. The maximum atomic E-state index is 13.1. The first-order valence-electron chi connectivity index (χ1n) is 9.70. The van der Waals surface area contributed by atoms with Crippen molar-refractivity contribution in [2.45, 2.75) is 58.1 Å². The van der Waals surface area contributed by atoms with Crippen LogP contribution in [0, 0.1) is 13.8 Å². The minimum atomic E-state index is -0.462. The standard InChI is InChI=1S/C22H26N2O3/c1-14-9-21-18(11-17(14)10-16-8-7-15(2)23-12-16)22(26)24(13-27-21)19-5-3-4-6-20(19)25/h7-9,11-12,19-20,25H,3-6,10,13H2,1-2H3/t19-,20-/m0/s1. The van der Waals surface area contributed by atoms with E-state index < -0.39 is 6.10 Å². The molecular formula is C22H26N2O3. The summed E-state index contributed by atoms with van der Waals surface area (Å²) in [6.07, 6.45) is 5.79. The summed E-state index contributed by atoms with van der Waals surface area (Å²) in [5, 5.41) is 10.3. The SMILES string of the molecule is Cc1ccc(Cc2cc3c(cc2C)OCN([C@H]2CCCC[C@@H]2O)C3=O)cn1. The second kappa shape index (κ2) is 7.31. The quantitative estimate of drug-likeness (QED) is 0.904. The molecule has 1 aromatic carbocycles. The number of pyridine rings is 1. The highest BCUT2D eigenvalue weighted by Crippen LogP contribution is 2.33. The van der Waals surface area contributed by atoms with Gasteiger partial charge in [0, 0.05) is 11.9 Å². The number of carbonyl (C=O) groups is 1. The fourth-order valence-electron chi connectivity index (χ4n) is 4.08. The Hall–Kier alpha value is -2.40. The molecule has 0 radical (unpaired) electrons. The normalized spacial score (nSPS) is 22.3. The molecule has 0 bridgehead atoms. The Bertz CT molecular complexity index is 847. The van der Waals surface area contributed by atoms with E-state index in [1.807, 2.05) is 38.2 Å². The fourth-order valence-corrected chi connectivity index (χ4v) is 4.08. The van der Waals surface area contributed by atoms with Crippen LogP contribution >= 0.6 is 0 Å². The first-order chi connectivity index (χ1) is 13.0. The molecule has 2 heterocycles. The number of amides is 1. The van der Waals surface area contributed by atoms with Crippen LogP contribution in [0.15, 0.2) is 30.5 Å². The van der Waals surface area contributed by atoms with Crippen molar-refractivity contribution in [1.82, 2.24) is 9.88 Å². The van der Waals surface area contributed by atoms with Crippen LogP contribution in [0.4, 0.5) is 0 Å². The zero-order chi connectivity index (χ0) is 19.0. The first kappa shape index (κ1) is 18.0. The zero-order valence-electron chi connectivity index (χ0n) is 15.9. The van der Waals surface area contributed by atoms with Crippen LogP contribution in [0.5, 0.6) is 5.75 Å². The third-order valence-electron chi connectivity index (χ3n) is 5.75. The highest BCUT2D eigenvalue weighted by molar-refractivity contribution is 5.98. The lowest BCUT2D eigenvalue weighted by Gasteiger charge is -2.39. The Balaban J connectivity index is 1.61. The lowest BCUT2D eigenvalue weighted by Crippen LogP contribution is -2.51. The van der Waals surface area contributed by atoms with Crippen LogP contribution in [-0.4, -0.2) is 39.8 Å². The van der Waals surface area contributed by atoms with Gasteiger partial charge in [-0.1, -0.05) is 18.9 Å². The summed E-state index contributed by atoms with van der Waals surface area (Å²) in [5.74, 6) is 0.607. The summed E-state index contributed by atoms with van der Waals surface area (Å²) in [5.41, 5.74) is 4.91. The zero-order valence-corrected chi connectivity index (χ0v) is 15.9. The molecule has 0 spiro atoms. The van der Waals surface area contributed by atoms with Gasteiger partial charge in [-0.25, -0.2) is 0 Å². The van der Waals surface area contributed by atoms with E-state index in [2.05, 4.69) is 11.1 Å². The third kappa shape index (κ3) is 3.56. The molecule has 0 unspecified atom stereocenters. The first-order valence-corrected chi connectivity index (χ1v) is 9.70. The molecule has 5 nitrogen and oxygen atoms in total. The highest BCUT2D eigenvalue weighted by Gasteiger charge is 2.36. The van der Waals surface area contributed by atoms with Crippen LogP contribution < -0.4 is 4.74 Å². The van der Waals surface area contributed by atoms with Crippen molar-refractivity contribution in [3.8, 4) is 5.75 Å². The number of hydrogen-bond donors (Lipinski definition) is 1. The summed E-state index contributed by atoms with van der Waals surface area (Å²) in [6.45, 7) is 4.23. The van der Waals surface area contributed by atoms with Gasteiger partial charge in [0.05, 0.1) is 17.7 Å². The number of aromatic nitrogens is 1. The summed E-state index contributed by atoms with van der Waals surface area (Å²) in [7, 11) is 0.